The molecule has 0 radical (unpaired) electrons. The van der Waals surface area contributed by atoms with Crippen LogP contribution in [0, 0.1) is 16.7 Å². The van der Waals surface area contributed by atoms with Crippen LogP contribution in [0.2, 0.25) is 0 Å². The number of likely N-dealkylation sites (N-methyl/N-ethyl adjacent to an activating group) is 1. The van der Waals surface area contributed by atoms with Crippen LogP contribution in [0.25, 0.3) is 0 Å². The maximum atomic E-state index is 13.2. The van der Waals surface area contributed by atoms with Crippen LogP contribution in [-0.4, -0.2) is 59.6 Å². The van der Waals surface area contributed by atoms with Crippen molar-refractivity contribution in [1.29, 1.82) is 5.26 Å². The number of carbonyl (C=O) groups excluding carboxylic acids is 1. The Morgan fingerprint density at radius 3 is 2.89 bits per heavy atom. The number of nitrogens with zero attached hydrogens (tertiary/aromatic N) is 3. The van der Waals surface area contributed by atoms with E-state index in [0.717, 1.165) is 5.56 Å². The Hall–Kier alpha value is -1.95. The molecular weight excluding hydrogens is 366 g/mol. The van der Waals surface area contributed by atoms with Gasteiger partial charge >= 0.3 is 0 Å². The van der Waals surface area contributed by atoms with E-state index in [1.54, 1.807) is 18.9 Å². The fourth-order valence-electron chi connectivity index (χ4n) is 5.15. The van der Waals surface area contributed by atoms with Crippen molar-refractivity contribution in [3.05, 3.63) is 23.8 Å². The Labute approximate surface area is 162 Å². The van der Waals surface area contributed by atoms with E-state index in [9.17, 15) is 10.1 Å². The van der Waals surface area contributed by atoms with E-state index in [0.29, 0.717) is 24.5 Å². The van der Waals surface area contributed by atoms with Gasteiger partial charge in [0.1, 0.15) is 10.3 Å². The van der Waals surface area contributed by atoms with Crippen LogP contribution in [0.4, 0.5) is 0 Å². The minimum absolute atomic E-state index is 0.0835. The number of hydrogen-bond donors (Lipinski definition) is 0. The van der Waals surface area contributed by atoms with Crippen molar-refractivity contribution in [3.8, 4) is 17.6 Å². The minimum Gasteiger partial charge on any atom is -0.454 e. The van der Waals surface area contributed by atoms with Gasteiger partial charge in [-0.15, -0.1) is 11.8 Å². The molecule has 0 aromatic heterocycles. The van der Waals surface area contributed by atoms with Gasteiger partial charge in [0.25, 0.3) is 5.91 Å². The minimum atomic E-state index is -0.808. The lowest BCUT2D eigenvalue weighted by molar-refractivity contribution is -0.142. The van der Waals surface area contributed by atoms with Gasteiger partial charge in [-0.25, -0.2) is 0 Å². The number of benzene rings is 1. The van der Waals surface area contributed by atoms with Gasteiger partial charge in [-0.3, -0.25) is 9.69 Å². The zero-order valence-corrected chi connectivity index (χ0v) is 16.3. The van der Waals surface area contributed by atoms with Gasteiger partial charge in [0.2, 0.25) is 6.79 Å². The molecule has 27 heavy (non-hydrogen) atoms. The first-order valence-electron chi connectivity index (χ1n) is 8.94. The SMILES string of the molecule is COC[C@]1(C#N)C[C@@]23S[C@@](C)(CN2[C@H]1c1ccc2c(c1)OCO2)N(C)C3=O. The molecule has 0 saturated carbocycles. The van der Waals surface area contributed by atoms with Crippen molar-refractivity contribution in [2.24, 2.45) is 5.41 Å². The number of amides is 1. The normalized spacial score (nSPS) is 39.1. The van der Waals surface area contributed by atoms with Crippen LogP contribution >= 0.6 is 11.8 Å². The Morgan fingerprint density at radius 2 is 2.19 bits per heavy atom. The highest BCUT2D eigenvalue weighted by Crippen LogP contribution is 2.69. The predicted octanol–water partition coefficient (Wildman–Crippen LogP) is 1.95. The second kappa shape index (κ2) is 5.31. The molecule has 5 rings (SSSR count). The van der Waals surface area contributed by atoms with Crippen LogP contribution in [0.3, 0.4) is 0 Å². The molecule has 4 atom stereocenters. The smallest absolute Gasteiger partial charge is 0.254 e. The average molecular weight is 387 g/mol. The molecule has 0 aliphatic carbocycles. The summed E-state index contributed by atoms with van der Waals surface area (Å²) in [7, 11) is 3.47. The predicted molar refractivity (Wildman–Crippen MR) is 98.0 cm³/mol. The summed E-state index contributed by atoms with van der Waals surface area (Å²) in [6, 6.07) is 8.09. The number of methoxy groups -OCH3 is 1. The molecule has 4 aliphatic rings. The third-order valence-corrected chi connectivity index (χ3v) is 8.13. The quantitative estimate of drug-likeness (QED) is 0.785. The Morgan fingerprint density at radius 1 is 1.41 bits per heavy atom. The van der Waals surface area contributed by atoms with Crippen molar-refractivity contribution in [3.63, 3.8) is 0 Å². The summed E-state index contributed by atoms with van der Waals surface area (Å²) in [5.41, 5.74) is 0.152. The fraction of sp³-hybridized carbons (Fsp3) is 0.579. The van der Waals surface area contributed by atoms with Crippen LogP contribution in [0.5, 0.6) is 11.5 Å². The summed E-state index contributed by atoms with van der Waals surface area (Å²) in [4.78, 5) is 16.3. The van der Waals surface area contributed by atoms with Crippen LogP contribution in [0.15, 0.2) is 18.2 Å². The standard InChI is InChI=1S/C19H21N3O4S/c1-17-9-22-15(12-4-5-13-14(6-12)26-11-25-13)18(8-20,10-24-3)7-19(22,27-17)16(23)21(17)2/h4-6,15H,7,9-11H2,1-3H3/t15-,17-,18+,19-/m0/s1. The summed E-state index contributed by atoms with van der Waals surface area (Å²) in [5.74, 6) is 1.48. The molecule has 142 valence electrons. The number of rotatable bonds is 3. The number of thioether (sulfide) groups is 1. The van der Waals surface area contributed by atoms with E-state index in [1.165, 1.54) is 0 Å². The molecule has 3 saturated heterocycles. The zero-order valence-electron chi connectivity index (χ0n) is 15.5. The fourth-order valence-corrected chi connectivity index (χ4v) is 7.15. The maximum Gasteiger partial charge on any atom is 0.254 e. The lowest BCUT2D eigenvalue weighted by atomic mass is 9.78. The molecule has 1 amide bonds. The van der Waals surface area contributed by atoms with E-state index in [2.05, 4.69) is 17.9 Å². The van der Waals surface area contributed by atoms with Gasteiger partial charge in [-0.2, -0.15) is 5.26 Å². The summed E-state index contributed by atoms with van der Waals surface area (Å²) in [6.45, 7) is 3.29. The largest absolute Gasteiger partial charge is 0.454 e. The number of fused-ring (bicyclic) bond motifs is 2. The third kappa shape index (κ3) is 1.97. The lowest BCUT2D eigenvalue weighted by Gasteiger charge is -2.40. The molecule has 7 nitrogen and oxygen atoms in total. The number of hydrogen-bond acceptors (Lipinski definition) is 7. The van der Waals surface area contributed by atoms with Crippen molar-refractivity contribution >= 4 is 17.7 Å². The molecule has 8 heteroatoms. The van der Waals surface area contributed by atoms with Crippen molar-refractivity contribution < 1.29 is 19.0 Å². The highest BCUT2D eigenvalue weighted by Gasteiger charge is 2.75. The molecular formula is C19H21N3O4S. The van der Waals surface area contributed by atoms with Gasteiger partial charge in [0, 0.05) is 27.1 Å². The Kier molecular flexibility index (Phi) is 3.38. The van der Waals surface area contributed by atoms with Gasteiger partial charge < -0.3 is 19.1 Å². The summed E-state index contributed by atoms with van der Waals surface area (Å²) >= 11 is 1.68. The molecule has 4 heterocycles. The zero-order chi connectivity index (χ0) is 19.0. The lowest BCUT2D eigenvalue weighted by Crippen LogP contribution is -2.57. The number of ether oxygens (including phenoxy) is 3. The average Bonchev–Trinajstić information content (AvgIpc) is 3.33. The Balaban J connectivity index is 1.66. The first kappa shape index (κ1) is 17.2. The van der Waals surface area contributed by atoms with E-state index in [-0.39, 0.29) is 30.2 Å². The summed E-state index contributed by atoms with van der Waals surface area (Å²) in [6.07, 6.45) is 0.451. The molecule has 1 aromatic rings. The van der Waals surface area contributed by atoms with E-state index >= 15 is 0 Å². The maximum absolute atomic E-state index is 13.2. The van der Waals surface area contributed by atoms with Crippen molar-refractivity contribution in [2.75, 3.05) is 34.1 Å². The van der Waals surface area contributed by atoms with Gasteiger partial charge in [0.05, 0.1) is 18.7 Å². The first-order valence-corrected chi connectivity index (χ1v) is 9.76. The Bertz CT molecular complexity index is 888. The molecule has 0 unspecified atom stereocenters. The molecule has 1 spiro atoms. The summed E-state index contributed by atoms with van der Waals surface area (Å²) < 4.78 is 16.5. The second-order valence-corrected chi connectivity index (χ2v) is 9.71. The van der Waals surface area contributed by atoms with Crippen molar-refractivity contribution in [2.45, 2.75) is 29.1 Å². The van der Waals surface area contributed by atoms with Crippen LogP contribution in [0.1, 0.15) is 24.9 Å². The molecule has 1 aromatic carbocycles. The first-order chi connectivity index (χ1) is 12.9. The topological polar surface area (TPSA) is 75.0 Å². The van der Waals surface area contributed by atoms with E-state index in [1.807, 2.05) is 30.1 Å². The third-order valence-electron chi connectivity index (χ3n) is 6.39. The molecule has 0 N–H and O–H groups in total. The van der Waals surface area contributed by atoms with E-state index < -0.39 is 10.3 Å². The monoisotopic (exact) mass is 387 g/mol. The molecule has 4 aliphatic heterocycles. The summed E-state index contributed by atoms with van der Waals surface area (Å²) in [5, 5.41) is 10.2. The number of carbonyl (C=O) groups is 1. The highest BCUT2D eigenvalue weighted by molar-refractivity contribution is 8.03. The van der Waals surface area contributed by atoms with Crippen molar-refractivity contribution in [1.82, 2.24) is 9.80 Å². The van der Waals surface area contributed by atoms with Gasteiger partial charge in [-0.05, 0) is 24.6 Å². The van der Waals surface area contributed by atoms with E-state index in [4.69, 9.17) is 14.2 Å². The van der Waals surface area contributed by atoms with Gasteiger partial charge in [0.15, 0.2) is 16.4 Å². The molecule has 3 fully saturated rings. The second-order valence-electron chi connectivity index (χ2n) is 7.95. The molecule has 2 bridgehead atoms. The van der Waals surface area contributed by atoms with Crippen LogP contribution in [-0.2, 0) is 9.53 Å². The number of nitriles is 1. The number of piperazine rings is 1. The van der Waals surface area contributed by atoms with Crippen LogP contribution < -0.4 is 9.47 Å². The highest BCUT2D eigenvalue weighted by atomic mass is 32.2. The van der Waals surface area contributed by atoms with Gasteiger partial charge in [-0.1, -0.05) is 6.07 Å².